The molecule has 156 valence electrons. The molecule has 1 aliphatic rings. The van der Waals surface area contributed by atoms with Crippen LogP contribution in [0, 0.1) is 0 Å². The van der Waals surface area contributed by atoms with Gasteiger partial charge in [-0.3, -0.25) is 4.79 Å². The van der Waals surface area contributed by atoms with Gasteiger partial charge in [0.2, 0.25) is 10.0 Å². The Morgan fingerprint density at radius 3 is 2.28 bits per heavy atom. The van der Waals surface area contributed by atoms with Crippen LogP contribution in [0.2, 0.25) is 10.0 Å². The molecular weight excluding hydrogens is 509 g/mol. The largest absolute Gasteiger partial charge is 0.495 e. The van der Waals surface area contributed by atoms with Gasteiger partial charge in [-0.05, 0) is 37.1 Å². The van der Waals surface area contributed by atoms with Crippen LogP contribution < -0.4 is 14.2 Å². The van der Waals surface area contributed by atoms with E-state index in [9.17, 15) is 13.2 Å². The Bertz CT molecular complexity index is 1050. The minimum Gasteiger partial charge on any atom is -0.495 e. The number of carbonyl (C=O) groups excluding carboxylic acids is 1. The number of benzene rings is 2. The summed E-state index contributed by atoms with van der Waals surface area (Å²) in [6, 6.07) is 7.41. The number of hydrogen-bond acceptors (Lipinski definition) is 6. The van der Waals surface area contributed by atoms with Crippen LogP contribution in [-0.2, 0) is 19.6 Å². The summed E-state index contributed by atoms with van der Waals surface area (Å²) in [5.74, 6) is -0.217. The lowest BCUT2D eigenvalue weighted by atomic mass is 10.3. The summed E-state index contributed by atoms with van der Waals surface area (Å²) in [4.78, 5) is 11.7. The second-order valence-electron chi connectivity index (χ2n) is 6.29. The summed E-state index contributed by atoms with van der Waals surface area (Å²) < 4.78 is 44.6. The van der Waals surface area contributed by atoms with Crippen LogP contribution in [0.5, 0.6) is 17.2 Å². The molecule has 7 nitrogen and oxygen atoms in total. The summed E-state index contributed by atoms with van der Waals surface area (Å²) >= 11 is 15.6. The van der Waals surface area contributed by atoms with Crippen molar-refractivity contribution in [3.8, 4) is 17.2 Å². The van der Waals surface area contributed by atoms with E-state index in [0.29, 0.717) is 17.3 Å². The quantitative estimate of drug-likeness (QED) is 0.534. The fourth-order valence-corrected chi connectivity index (χ4v) is 5.54. The first-order valence-corrected chi connectivity index (χ1v) is 11.3. The van der Waals surface area contributed by atoms with E-state index in [1.165, 1.54) is 32.4 Å². The Balaban J connectivity index is 1.97. The molecule has 1 N–H and O–H groups in total. The van der Waals surface area contributed by atoms with Gasteiger partial charge in [0.05, 0.1) is 24.3 Å². The molecule has 0 aliphatic heterocycles. The number of carbonyl (C=O) groups is 1. The number of nitrogens with one attached hydrogen (secondary N) is 1. The summed E-state index contributed by atoms with van der Waals surface area (Å²) in [7, 11) is -1.58. The number of hydrogen-bond donors (Lipinski definition) is 1. The highest BCUT2D eigenvalue weighted by Gasteiger charge is 2.54. The number of sulfonamides is 1. The van der Waals surface area contributed by atoms with Gasteiger partial charge < -0.3 is 14.2 Å². The smallest absolute Gasteiger partial charge is 0.327 e. The molecule has 0 spiro atoms. The second-order valence-corrected chi connectivity index (χ2v) is 9.67. The maximum Gasteiger partial charge on any atom is 0.327 e. The molecule has 0 unspecified atom stereocenters. The van der Waals surface area contributed by atoms with Gasteiger partial charge in [-0.2, -0.15) is 4.72 Å². The summed E-state index contributed by atoms with van der Waals surface area (Å²) in [5.41, 5.74) is -1.26. The first kappa shape index (κ1) is 22.2. The van der Waals surface area contributed by atoms with Gasteiger partial charge in [0.15, 0.2) is 5.75 Å². The number of esters is 1. The molecule has 0 heterocycles. The van der Waals surface area contributed by atoms with E-state index in [0.717, 1.165) is 0 Å². The number of methoxy groups -OCH3 is 2. The molecule has 29 heavy (non-hydrogen) atoms. The Hall–Kier alpha value is -1.52. The maximum atomic E-state index is 13.0. The average Bonchev–Trinajstić information content (AvgIpc) is 3.43. The van der Waals surface area contributed by atoms with Crippen LogP contribution >= 0.6 is 39.1 Å². The lowest BCUT2D eigenvalue weighted by Gasteiger charge is -2.17. The van der Waals surface area contributed by atoms with Crippen molar-refractivity contribution < 1.29 is 27.4 Å². The van der Waals surface area contributed by atoms with E-state index >= 15 is 0 Å². The lowest BCUT2D eigenvalue weighted by molar-refractivity contribution is -0.143. The first-order valence-electron chi connectivity index (χ1n) is 8.25. The van der Waals surface area contributed by atoms with Gasteiger partial charge in [-0.15, -0.1) is 0 Å². The fourth-order valence-electron chi connectivity index (χ4n) is 2.66. The average molecular weight is 525 g/mol. The lowest BCUT2D eigenvalue weighted by Crippen LogP contribution is -2.43. The number of ether oxygens (including phenoxy) is 3. The molecule has 2 aromatic carbocycles. The highest BCUT2D eigenvalue weighted by Crippen LogP contribution is 2.42. The maximum absolute atomic E-state index is 13.0. The predicted molar refractivity (Wildman–Crippen MR) is 112 cm³/mol. The van der Waals surface area contributed by atoms with Crippen LogP contribution in [0.4, 0.5) is 0 Å². The van der Waals surface area contributed by atoms with Crippen molar-refractivity contribution in [3.63, 3.8) is 0 Å². The standard InChI is InChI=1S/C18H16BrCl2NO6S/c1-26-14-4-3-11(28-16-12(20)7-10(19)8-13(16)21)9-15(14)29(24,25)22-18(5-6-18)17(23)27-2/h3-4,7-9,22H,5-6H2,1-2H3. The van der Waals surface area contributed by atoms with Gasteiger partial charge in [-0.1, -0.05) is 39.1 Å². The summed E-state index contributed by atoms with van der Waals surface area (Å²) in [6.45, 7) is 0. The molecule has 1 fully saturated rings. The molecule has 0 atom stereocenters. The molecule has 0 radical (unpaired) electrons. The molecule has 11 heteroatoms. The van der Waals surface area contributed by atoms with Crippen molar-refractivity contribution in [1.29, 1.82) is 0 Å². The zero-order valence-corrected chi connectivity index (χ0v) is 19.2. The Kier molecular flexibility index (Phi) is 6.35. The van der Waals surface area contributed by atoms with Gasteiger partial charge in [0, 0.05) is 10.5 Å². The van der Waals surface area contributed by atoms with Crippen LogP contribution in [-0.4, -0.2) is 34.1 Å². The molecule has 1 aliphatic carbocycles. The highest BCUT2D eigenvalue weighted by molar-refractivity contribution is 9.10. The third kappa shape index (κ3) is 4.64. The minimum absolute atomic E-state index is 0.0820. The zero-order valence-electron chi connectivity index (χ0n) is 15.3. The van der Waals surface area contributed by atoms with E-state index in [4.69, 9.17) is 37.4 Å². The highest BCUT2D eigenvalue weighted by atomic mass is 79.9. The zero-order chi connectivity index (χ0) is 21.4. The third-order valence-electron chi connectivity index (χ3n) is 4.26. The molecule has 3 rings (SSSR count). The van der Waals surface area contributed by atoms with Crippen molar-refractivity contribution in [2.24, 2.45) is 0 Å². The van der Waals surface area contributed by atoms with Gasteiger partial charge in [-0.25, -0.2) is 8.42 Å². The SMILES string of the molecule is COC(=O)C1(NS(=O)(=O)c2cc(Oc3c(Cl)cc(Br)cc3Cl)ccc2OC)CC1. The molecule has 0 saturated heterocycles. The molecule has 0 bridgehead atoms. The van der Waals surface area contributed by atoms with Gasteiger partial charge >= 0.3 is 5.97 Å². The minimum atomic E-state index is -4.12. The van der Waals surface area contributed by atoms with Crippen molar-refractivity contribution in [3.05, 3.63) is 44.8 Å². The van der Waals surface area contributed by atoms with Crippen molar-refractivity contribution in [1.82, 2.24) is 4.72 Å². The number of rotatable bonds is 7. The van der Waals surface area contributed by atoms with E-state index in [1.807, 2.05) is 0 Å². The second kappa shape index (κ2) is 8.31. The third-order valence-corrected chi connectivity index (χ3v) is 6.84. The summed E-state index contributed by atoms with van der Waals surface area (Å²) in [6.07, 6.45) is 0.697. The van der Waals surface area contributed by atoms with Crippen LogP contribution in [0.3, 0.4) is 0 Å². The van der Waals surface area contributed by atoms with Crippen LogP contribution in [0.25, 0.3) is 0 Å². The molecule has 2 aromatic rings. The molecule has 0 amide bonds. The van der Waals surface area contributed by atoms with Crippen molar-refractivity contribution in [2.45, 2.75) is 23.3 Å². The van der Waals surface area contributed by atoms with Gasteiger partial charge in [0.1, 0.15) is 21.9 Å². The van der Waals surface area contributed by atoms with Crippen molar-refractivity contribution in [2.75, 3.05) is 14.2 Å². The summed E-state index contributed by atoms with van der Waals surface area (Å²) in [5, 5.41) is 0.482. The van der Waals surface area contributed by atoms with E-state index in [-0.39, 0.29) is 32.2 Å². The van der Waals surface area contributed by atoms with Crippen molar-refractivity contribution >= 4 is 55.1 Å². The monoisotopic (exact) mass is 523 g/mol. The predicted octanol–water partition coefficient (Wildman–Crippen LogP) is 4.54. The topological polar surface area (TPSA) is 90.9 Å². The normalized spacial score (nSPS) is 14.9. The van der Waals surface area contributed by atoms with Crippen LogP contribution in [0.15, 0.2) is 39.7 Å². The Labute approximate surface area is 186 Å². The van der Waals surface area contributed by atoms with Gasteiger partial charge in [0.25, 0.3) is 0 Å². The Morgan fingerprint density at radius 2 is 1.76 bits per heavy atom. The number of halogens is 3. The molecule has 1 saturated carbocycles. The van der Waals surface area contributed by atoms with Crippen LogP contribution in [0.1, 0.15) is 12.8 Å². The molecular formula is C18H16BrCl2NO6S. The first-order chi connectivity index (χ1) is 13.6. The van der Waals surface area contributed by atoms with E-state index < -0.39 is 21.5 Å². The van der Waals surface area contributed by atoms with E-state index in [1.54, 1.807) is 12.1 Å². The Morgan fingerprint density at radius 1 is 1.14 bits per heavy atom. The fraction of sp³-hybridized carbons (Fsp3) is 0.278. The van der Waals surface area contributed by atoms with E-state index in [2.05, 4.69) is 20.7 Å². The molecule has 0 aromatic heterocycles.